The maximum Gasteiger partial charge on any atom is 0.264 e. The second-order valence-corrected chi connectivity index (χ2v) is 8.33. The number of nitrogens with zero attached hydrogens (tertiary/aromatic N) is 1. The molecule has 1 aromatic heterocycles. The molecule has 3 nitrogen and oxygen atoms in total. The Morgan fingerprint density at radius 1 is 1.22 bits per heavy atom. The van der Waals surface area contributed by atoms with Crippen molar-refractivity contribution in [1.29, 1.82) is 0 Å². The lowest BCUT2D eigenvalue weighted by Crippen LogP contribution is -2.34. The molecule has 0 aliphatic rings. The molecule has 2 rings (SSSR count). The predicted molar refractivity (Wildman–Crippen MR) is 102 cm³/mol. The monoisotopic (exact) mass is 459 g/mol. The van der Waals surface area contributed by atoms with Gasteiger partial charge in [0.05, 0.1) is 15.3 Å². The molecule has 2 aromatic rings. The van der Waals surface area contributed by atoms with Crippen LogP contribution in [-0.2, 0) is 11.2 Å². The molecule has 0 bridgehead atoms. The first kappa shape index (κ1) is 18.6. The van der Waals surface area contributed by atoms with Crippen molar-refractivity contribution < 1.29 is 9.53 Å². The largest absolute Gasteiger partial charge is 0.383 e. The van der Waals surface area contributed by atoms with Crippen molar-refractivity contribution in [2.75, 3.05) is 26.8 Å². The summed E-state index contributed by atoms with van der Waals surface area (Å²) in [6, 6.07) is 12.2. The van der Waals surface area contributed by atoms with Gasteiger partial charge in [-0.15, -0.1) is 11.3 Å². The third-order valence-corrected chi connectivity index (χ3v) is 6.69. The van der Waals surface area contributed by atoms with Crippen molar-refractivity contribution >= 4 is 49.1 Å². The minimum atomic E-state index is 0.0616. The van der Waals surface area contributed by atoms with Gasteiger partial charge >= 0.3 is 0 Å². The van der Waals surface area contributed by atoms with Crippen LogP contribution in [0, 0.1) is 0 Å². The number of hydrogen-bond acceptors (Lipinski definition) is 3. The Morgan fingerprint density at radius 3 is 2.57 bits per heavy atom. The lowest BCUT2D eigenvalue weighted by molar-refractivity contribution is 0.0698. The summed E-state index contributed by atoms with van der Waals surface area (Å²) in [7, 11) is 1.66. The van der Waals surface area contributed by atoms with Gasteiger partial charge in [-0.2, -0.15) is 0 Å². The van der Waals surface area contributed by atoms with Gasteiger partial charge in [0, 0.05) is 24.7 Å². The van der Waals surface area contributed by atoms with Crippen molar-refractivity contribution in [3.63, 3.8) is 0 Å². The normalized spacial score (nSPS) is 10.7. The number of halogens is 2. The van der Waals surface area contributed by atoms with E-state index in [-0.39, 0.29) is 5.91 Å². The van der Waals surface area contributed by atoms with Crippen LogP contribution in [0.25, 0.3) is 0 Å². The Morgan fingerprint density at radius 2 is 1.96 bits per heavy atom. The number of carbonyl (C=O) groups excluding carboxylic acids is 1. The third-order valence-electron chi connectivity index (χ3n) is 3.44. The van der Waals surface area contributed by atoms with Crippen LogP contribution in [0.3, 0.4) is 0 Å². The highest BCUT2D eigenvalue weighted by atomic mass is 79.9. The molecule has 0 spiro atoms. The van der Waals surface area contributed by atoms with Gasteiger partial charge in [0.2, 0.25) is 0 Å². The molecule has 0 N–H and O–H groups in total. The van der Waals surface area contributed by atoms with E-state index in [4.69, 9.17) is 4.74 Å². The molecule has 1 amide bonds. The van der Waals surface area contributed by atoms with E-state index < -0.39 is 0 Å². The Kier molecular flexibility index (Phi) is 7.76. The fourth-order valence-electron chi connectivity index (χ4n) is 2.24. The molecule has 0 radical (unpaired) electrons. The molecule has 0 saturated carbocycles. The first-order valence-electron chi connectivity index (χ1n) is 7.38. The SMILES string of the molecule is COCCN(CCCc1ccccc1)C(=O)c1cc(Br)c(Br)s1. The molecule has 0 aliphatic heterocycles. The van der Waals surface area contributed by atoms with Crippen LogP contribution in [0.4, 0.5) is 0 Å². The molecule has 0 saturated heterocycles. The molecule has 6 heteroatoms. The summed E-state index contributed by atoms with van der Waals surface area (Å²) >= 11 is 8.33. The van der Waals surface area contributed by atoms with Crippen molar-refractivity contribution in [2.24, 2.45) is 0 Å². The van der Waals surface area contributed by atoms with Crippen molar-refractivity contribution in [1.82, 2.24) is 4.90 Å². The number of amides is 1. The average molecular weight is 461 g/mol. The molecular formula is C17H19Br2NO2S. The van der Waals surface area contributed by atoms with Gasteiger partial charge in [0.25, 0.3) is 5.91 Å². The van der Waals surface area contributed by atoms with Gasteiger partial charge in [-0.1, -0.05) is 30.3 Å². The van der Waals surface area contributed by atoms with Gasteiger partial charge in [-0.3, -0.25) is 4.79 Å². The van der Waals surface area contributed by atoms with E-state index in [0.29, 0.717) is 13.2 Å². The summed E-state index contributed by atoms with van der Waals surface area (Å²) in [5, 5.41) is 0. The first-order chi connectivity index (χ1) is 11.1. The van der Waals surface area contributed by atoms with Crippen molar-refractivity contribution in [3.05, 3.63) is 55.1 Å². The van der Waals surface area contributed by atoms with Crippen LogP contribution >= 0.6 is 43.2 Å². The van der Waals surface area contributed by atoms with Crippen LogP contribution in [-0.4, -0.2) is 37.6 Å². The van der Waals surface area contributed by atoms with E-state index in [1.807, 2.05) is 29.2 Å². The van der Waals surface area contributed by atoms with Crippen LogP contribution in [0.1, 0.15) is 21.7 Å². The number of aryl methyl sites for hydroxylation is 1. The number of thiophene rings is 1. The van der Waals surface area contributed by atoms with Crippen LogP contribution in [0.15, 0.2) is 44.7 Å². The third kappa shape index (κ3) is 5.71. The molecule has 0 atom stereocenters. The Balaban J connectivity index is 1.96. The average Bonchev–Trinajstić information content (AvgIpc) is 2.90. The molecule has 0 fully saturated rings. The standard InChI is InChI=1S/C17H19Br2NO2S/c1-22-11-10-20(9-5-8-13-6-3-2-4-7-13)17(21)15-12-14(18)16(19)23-15/h2-4,6-7,12H,5,8-11H2,1H3. The summed E-state index contributed by atoms with van der Waals surface area (Å²) in [6.45, 7) is 1.88. The number of rotatable bonds is 8. The second kappa shape index (κ2) is 9.57. The fraction of sp³-hybridized carbons (Fsp3) is 0.353. The summed E-state index contributed by atoms with van der Waals surface area (Å²) in [5.74, 6) is 0.0616. The number of methoxy groups -OCH3 is 1. The summed E-state index contributed by atoms with van der Waals surface area (Å²) in [5.41, 5.74) is 1.30. The van der Waals surface area contributed by atoms with E-state index in [9.17, 15) is 4.79 Å². The Bertz CT molecular complexity index is 611. The highest BCUT2D eigenvalue weighted by Gasteiger charge is 2.18. The van der Waals surface area contributed by atoms with Crippen LogP contribution < -0.4 is 0 Å². The second-order valence-electron chi connectivity index (χ2n) is 5.11. The topological polar surface area (TPSA) is 29.5 Å². The minimum Gasteiger partial charge on any atom is -0.383 e. The van der Waals surface area contributed by atoms with Crippen LogP contribution in [0.2, 0.25) is 0 Å². The summed E-state index contributed by atoms with van der Waals surface area (Å²) < 4.78 is 7.00. The van der Waals surface area contributed by atoms with Gasteiger partial charge in [0.1, 0.15) is 0 Å². The number of carbonyl (C=O) groups is 1. The van der Waals surface area contributed by atoms with Gasteiger partial charge < -0.3 is 9.64 Å². The van der Waals surface area contributed by atoms with Gasteiger partial charge in [-0.05, 0) is 56.3 Å². The van der Waals surface area contributed by atoms with Crippen molar-refractivity contribution in [3.8, 4) is 0 Å². The number of benzene rings is 1. The van der Waals surface area contributed by atoms with E-state index in [1.54, 1.807) is 7.11 Å². The van der Waals surface area contributed by atoms with Crippen LogP contribution in [0.5, 0.6) is 0 Å². The quantitative estimate of drug-likeness (QED) is 0.555. The number of hydrogen-bond donors (Lipinski definition) is 0. The summed E-state index contributed by atoms with van der Waals surface area (Å²) in [4.78, 5) is 15.3. The smallest absolute Gasteiger partial charge is 0.264 e. The lowest BCUT2D eigenvalue weighted by atomic mass is 10.1. The Hall–Kier alpha value is -0.690. The zero-order valence-corrected chi connectivity index (χ0v) is 16.9. The minimum absolute atomic E-state index is 0.0616. The molecule has 0 unspecified atom stereocenters. The molecular weight excluding hydrogens is 442 g/mol. The maximum absolute atomic E-state index is 12.7. The van der Waals surface area contributed by atoms with E-state index in [0.717, 1.165) is 32.5 Å². The van der Waals surface area contributed by atoms with E-state index in [1.165, 1.54) is 16.9 Å². The molecule has 124 valence electrons. The van der Waals surface area contributed by atoms with E-state index in [2.05, 4.69) is 44.0 Å². The van der Waals surface area contributed by atoms with Gasteiger partial charge in [0.15, 0.2) is 0 Å². The first-order valence-corrected chi connectivity index (χ1v) is 9.79. The Labute approximate surface area is 157 Å². The van der Waals surface area contributed by atoms with Crippen molar-refractivity contribution in [2.45, 2.75) is 12.8 Å². The molecule has 1 heterocycles. The lowest BCUT2D eigenvalue weighted by Gasteiger charge is -2.21. The zero-order chi connectivity index (χ0) is 16.7. The highest BCUT2D eigenvalue weighted by molar-refractivity contribution is 9.13. The molecule has 1 aromatic carbocycles. The summed E-state index contributed by atoms with van der Waals surface area (Å²) in [6.07, 6.45) is 1.91. The van der Waals surface area contributed by atoms with Gasteiger partial charge in [-0.25, -0.2) is 0 Å². The molecule has 0 aliphatic carbocycles. The molecule has 23 heavy (non-hydrogen) atoms. The zero-order valence-electron chi connectivity index (χ0n) is 12.9. The predicted octanol–water partition coefficient (Wildman–Crippen LogP) is 4.99. The number of ether oxygens (including phenoxy) is 1. The van der Waals surface area contributed by atoms with E-state index >= 15 is 0 Å². The highest BCUT2D eigenvalue weighted by Crippen LogP contribution is 2.33. The maximum atomic E-state index is 12.7. The fourth-order valence-corrected chi connectivity index (χ4v) is 4.25.